The molecule has 0 aromatic heterocycles. The van der Waals surface area contributed by atoms with Crippen LogP contribution in [0.15, 0.2) is 11.8 Å². The van der Waals surface area contributed by atoms with Gasteiger partial charge in [0.25, 0.3) is 0 Å². The zero-order valence-corrected chi connectivity index (χ0v) is 18.3. The fourth-order valence-electron chi connectivity index (χ4n) is 2.09. The molecule has 37 heavy (non-hydrogen) atoms. The Bertz CT molecular complexity index is 792. The number of rotatable bonds is 15. The smallest absolute Gasteiger partial charge is 0.460 e. The van der Waals surface area contributed by atoms with E-state index in [9.17, 15) is 70.7 Å². The summed E-state index contributed by atoms with van der Waals surface area (Å²) in [5, 5.41) is 0. The van der Waals surface area contributed by atoms with Gasteiger partial charge in [0.05, 0.1) is 32.5 Å². The second-order valence-electron chi connectivity index (χ2n) is 6.66. The summed E-state index contributed by atoms with van der Waals surface area (Å²) >= 11 is 0. The number of carbonyl (C=O) groups is 1. The maximum atomic E-state index is 14.4. The van der Waals surface area contributed by atoms with Gasteiger partial charge in [-0.15, -0.1) is 0 Å². The molecule has 0 aliphatic carbocycles. The number of ether oxygens (including phenoxy) is 4. The second-order valence-corrected chi connectivity index (χ2v) is 6.66. The molecule has 0 aromatic rings. The van der Waals surface area contributed by atoms with Crippen LogP contribution in [0.3, 0.4) is 0 Å². The molecular formula is C17H17F15O5. The summed E-state index contributed by atoms with van der Waals surface area (Å²) in [5.74, 6) is -53.0. The summed E-state index contributed by atoms with van der Waals surface area (Å²) in [6.45, 7) is -2.23. The van der Waals surface area contributed by atoms with E-state index in [-0.39, 0.29) is 13.2 Å². The Hall–Kier alpha value is -2.12. The molecule has 0 fully saturated rings. The number of methoxy groups -OCH3 is 1. The minimum atomic E-state index is -8.47. The zero-order chi connectivity index (χ0) is 29.7. The van der Waals surface area contributed by atoms with Crippen LogP contribution in [0.25, 0.3) is 0 Å². The maximum absolute atomic E-state index is 14.4. The van der Waals surface area contributed by atoms with E-state index in [1.165, 1.54) is 7.11 Å². The molecule has 220 valence electrons. The zero-order valence-electron chi connectivity index (χ0n) is 18.3. The lowest BCUT2D eigenvalue weighted by molar-refractivity contribution is -0.451. The molecule has 5 nitrogen and oxygen atoms in total. The van der Waals surface area contributed by atoms with Gasteiger partial charge in [-0.25, -0.2) is 4.79 Å². The summed E-state index contributed by atoms with van der Waals surface area (Å²) in [5.41, 5.74) is 0. The maximum Gasteiger partial charge on any atom is 0.460 e. The van der Waals surface area contributed by atoms with Gasteiger partial charge < -0.3 is 18.9 Å². The third kappa shape index (κ3) is 6.48. The van der Waals surface area contributed by atoms with Crippen molar-refractivity contribution < 1.29 is 89.6 Å². The van der Waals surface area contributed by atoms with E-state index in [4.69, 9.17) is 0 Å². The van der Waals surface area contributed by atoms with E-state index in [2.05, 4.69) is 18.9 Å². The van der Waals surface area contributed by atoms with Crippen molar-refractivity contribution in [3.05, 3.63) is 11.8 Å². The molecule has 0 rings (SSSR count). The van der Waals surface area contributed by atoms with Crippen LogP contribution in [0.1, 0.15) is 6.92 Å². The standard InChI is InChI=1S/C17H17F15O5/c1-3-36-10(33)8-9(37-7-6-35-5-4-34-2)11(18,19)12(20,21)13(22,23)14(24,25)15(26,27)16(28,29)17(30,31)32/h8H,3-7H2,1-2H3/b9-8-. The van der Waals surface area contributed by atoms with E-state index in [0.717, 1.165) is 6.92 Å². The normalized spacial score (nSPS) is 15.1. The highest BCUT2D eigenvalue weighted by molar-refractivity contribution is 5.82. The van der Waals surface area contributed by atoms with Crippen molar-refractivity contribution in [2.45, 2.75) is 48.6 Å². The van der Waals surface area contributed by atoms with Gasteiger partial charge in [0.15, 0.2) is 5.76 Å². The third-order valence-electron chi connectivity index (χ3n) is 4.09. The van der Waals surface area contributed by atoms with Gasteiger partial charge in [0.1, 0.15) is 6.61 Å². The Morgan fingerprint density at radius 1 is 0.622 bits per heavy atom. The Morgan fingerprint density at radius 2 is 1.05 bits per heavy atom. The van der Waals surface area contributed by atoms with Crippen LogP contribution < -0.4 is 0 Å². The van der Waals surface area contributed by atoms with Crippen LogP contribution in [0.2, 0.25) is 0 Å². The second kappa shape index (κ2) is 11.7. The summed E-state index contributed by atoms with van der Waals surface area (Å²) in [6, 6.07) is 0. The number of halogens is 15. The van der Waals surface area contributed by atoms with Gasteiger partial charge in [-0.2, -0.15) is 65.9 Å². The SMILES string of the molecule is CCOC(=O)/C=C(\OCCOCCOC)C(F)(F)C(F)(F)C(F)(F)C(F)(F)C(F)(F)C(F)(F)C(F)(F)F. The molecule has 0 aliphatic heterocycles. The fourth-order valence-corrected chi connectivity index (χ4v) is 2.09. The van der Waals surface area contributed by atoms with Crippen molar-refractivity contribution >= 4 is 5.97 Å². The number of alkyl halides is 15. The molecule has 0 aliphatic rings. The van der Waals surface area contributed by atoms with Gasteiger partial charge in [0, 0.05) is 7.11 Å². The molecule has 0 spiro atoms. The average Bonchev–Trinajstić information content (AvgIpc) is 2.73. The van der Waals surface area contributed by atoms with Crippen LogP contribution in [-0.4, -0.2) is 87.8 Å². The highest BCUT2D eigenvalue weighted by Gasteiger charge is 2.93. The summed E-state index contributed by atoms with van der Waals surface area (Å²) in [4.78, 5) is 11.4. The molecule has 0 heterocycles. The van der Waals surface area contributed by atoms with Gasteiger partial charge in [0.2, 0.25) is 0 Å². The van der Waals surface area contributed by atoms with Crippen molar-refractivity contribution in [3.63, 3.8) is 0 Å². The van der Waals surface area contributed by atoms with Gasteiger partial charge >= 0.3 is 47.7 Å². The Morgan fingerprint density at radius 3 is 1.49 bits per heavy atom. The number of esters is 1. The van der Waals surface area contributed by atoms with E-state index in [0.29, 0.717) is 0 Å². The molecule has 0 aromatic carbocycles. The topological polar surface area (TPSA) is 54.0 Å². The summed E-state index contributed by atoms with van der Waals surface area (Å²) in [7, 11) is 1.17. The minimum Gasteiger partial charge on any atom is -0.489 e. The van der Waals surface area contributed by atoms with Crippen LogP contribution in [0.5, 0.6) is 0 Å². The van der Waals surface area contributed by atoms with E-state index in [1.807, 2.05) is 0 Å². The molecule has 0 radical (unpaired) electrons. The number of allylic oxidation sites excluding steroid dienone is 1. The van der Waals surface area contributed by atoms with E-state index < -0.39 is 79.3 Å². The summed E-state index contributed by atoms with van der Waals surface area (Å²) < 4.78 is 218. The molecule has 0 amide bonds. The van der Waals surface area contributed by atoms with Gasteiger partial charge in [-0.1, -0.05) is 0 Å². The molecule has 0 saturated carbocycles. The Balaban J connectivity index is 6.55. The number of hydrogen-bond acceptors (Lipinski definition) is 5. The van der Waals surface area contributed by atoms with E-state index in [1.54, 1.807) is 0 Å². The lowest BCUT2D eigenvalue weighted by Crippen LogP contribution is -2.72. The molecule has 0 unspecified atom stereocenters. The molecule has 0 atom stereocenters. The average molecular weight is 586 g/mol. The number of carbonyl (C=O) groups excluding carboxylic acids is 1. The lowest BCUT2D eigenvalue weighted by atomic mass is 9.90. The Kier molecular flexibility index (Phi) is 11.1. The fraction of sp³-hybridized carbons (Fsp3) is 0.824. The highest BCUT2D eigenvalue weighted by atomic mass is 19.4. The monoisotopic (exact) mass is 586 g/mol. The lowest BCUT2D eigenvalue weighted by Gasteiger charge is -2.41. The highest BCUT2D eigenvalue weighted by Crippen LogP contribution is 2.63. The van der Waals surface area contributed by atoms with Crippen molar-refractivity contribution in [1.82, 2.24) is 0 Å². The largest absolute Gasteiger partial charge is 0.489 e. The third-order valence-corrected chi connectivity index (χ3v) is 4.09. The molecule has 20 heteroatoms. The van der Waals surface area contributed by atoms with Crippen LogP contribution in [-0.2, 0) is 23.7 Å². The molecular weight excluding hydrogens is 569 g/mol. The van der Waals surface area contributed by atoms with Crippen LogP contribution >= 0.6 is 0 Å². The van der Waals surface area contributed by atoms with Gasteiger partial charge in [-0.05, 0) is 6.92 Å². The predicted octanol–water partition coefficient (Wildman–Crippen LogP) is 5.49. The molecule has 0 N–H and O–H groups in total. The first kappa shape index (κ1) is 34.9. The number of hydrogen-bond donors (Lipinski definition) is 0. The Labute approximate surface area is 197 Å². The predicted molar refractivity (Wildman–Crippen MR) is 89.1 cm³/mol. The minimum absolute atomic E-state index is 0.127. The summed E-state index contributed by atoms with van der Waals surface area (Å²) in [6.07, 6.45) is -8.50. The van der Waals surface area contributed by atoms with Crippen molar-refractivity contribution in [2.75, 3.05) is 40.1 Å². The molecule has 0 saturated heterocycles. The quantitative estimate of drug-likeness (QED) is 0.0836. The van der Waals surface area contributed by atoms with Crippen LogP contribution in [0.4, 0.5) is 65.9 Å². The first-order valence-electron chi connectivity index (χ1n) is 9.33. The van der Waals surface area contributed by atoms with Gasteiger partial charge in [-0.3, -0.25) is 0 Å². The van der Waals surface area contributed by atoms with Crippen molar-refractivity contribution in [3.8, 4) is 0 Å². The molecule has 0 bridgehead atoms. The van der Waals surface area contributed by atoms with Crippen molar-refractivity contribution in [1.29, 1.82) is 0 Å². The van der Waals surface area contributed by atoms with Crippen molar-refractivity contribution in [2.24, 2.45) is 0 Å². The van der Waals surface area contributed by atoms with Crippen LogP contribution in [0, 0.1) is 0 Å². The first-order valence-corrected chi connectivity index (χ1v) is 9.33. The first-order chi connectivity index (χ1) is 16.4. The van der Waals surface area contributed by atoms with E-state index >= 15 is 0 Å².